The first-order valence-corrected chi connectivity index (χ1v) is 6.37. The van der Waals surface area contributed by atoms with Gasteiger partial charge in [-0.25, -0.2) is 0 Å². The van der Waals surface area contributed by atoms with Crippen LogP contribution in [-0.2, 0) is 4.79 Å². The largest absolute Gasteiger partial charge is 0.494 e. The second-order valence-corrected chi connectivity index (χ2v) is 4.12. The van der Waals surface area contributed by atoms with Gasteiger partial charge in [0.1, 0.15) is 11.3 Å². The number of rotatable bonds is 8. The number of nitro benzene ring substituents is 1. The maximum atomic E-state index is 12.0. The van der Waals surface area contributed by atoms with Crippen molar-refractivity contribution in [3.63, 3.8) is 0 Å². The van der Waals surface area contributed by atoms with Gasteiger partial charge in [0.05, 0.1) is 11.5 Å². The Bertz CT molecular complexity index is 543. The highest BCUT2D eigenvalue weighted by molar-refractivity contribution is 5.98. The number of carboxylic acid groups (broad SMARTS) is 1. The van der Waals surface area contributed by atoms with Crippen molar-refractivity contribution in [1.82, 2.24) is 5.32 Å². The van der Waals surface area contributed by atoms with Crippen molar-refractivity contribution in [2.45, 2.75) is 19.8 Å². The Morgan fingerprint density at radius 2 is 2.14 bits per heavy atom. The lowest BCUT2D eigenvalue weighted by molar-refractivity contribution is -0.385. The van der Waals surface area contributed by atoms with E-state index in [0.717, 1.165) is 0 Å². The molecule has 0 aliphatic carbocycles. The predicted molar refractivity (Wildman–Crippen MR) is 73.5 cm³/mol. The second kappa shape index (κ2) is 7.83. The van der Waals surface area contributed by atoms with Gasteiger partial charge in [-0.2, -0.15) is 0 Å². The van der Waals surface area contributed by atoms with Gasteiger partial charge in [0.2, 0.25) is 0 Å². The van der Waals surface area contributed by atoms with E-state index in [1.54, 1.807) is 6.92 Å². The normalized spacial score (nSPS) is 9.95. The van der Waals surface area contributed by atoms with Gasteiger partial charge in [-0.1, -0.05) is 0 Å². The van der Waals surface area contributed by atoms with E-state index in [-0.39, 0.29) is 30.6 Å². The molecule has 0 bridgehead atoms. The van der Waals surface area contributed by atoms with E-state index < -0.39 is 16.8 Å². The van der Waals surface area contributed by atoms with Crippen LogP contribution in [0.4, 0.5) is 5.69 Å². The van der Waals surface area contributed by atoms with Crippen LogP contribution >= 0.6 is 0 Å². The summed E-state index contributed by atoms with van der Waals surface area (Å²) in [5, 5.41) is 21.9. The quantitative estimate of drug-likeness (QED) is 0.427. The SMILES string of the molecule is CCOc1ccc([N+](=O)[O-])c(C(=O)NCCCC(=O)O)c1. The number of aliphatic carboxylic acids is 1. The molecule has 1 aromatic carbocycles. The van der Waals surface area contributed by atoms with Gasteiger partial charge in [0.25, 0.3) is 11.6 Å². The van der Waals surface area contributed by atoms with E-state index in [4.69, 9.17) is 9.84 Å². The molecule has 0 atom stereocenters. The lowest BCUT2D eigenvalue weighted by Gasteiger charge is -2.08. The highest BCUT2D eigenvalue weighted by Crippen LogP contribution is 2.24. The van der Waals surface area contributed by atoms with Crippen molar-refractivity contribution < 1.29 is 24.4 Å². The van der Waals surface area contributed by atoms with Gasteiger partial charge in [-0.15, -0.1) is 0 Å². The molecule has 8 nitrogen and oxygen atoms in total. The molecule has 2 N–H and O–H groups in total. The van der Waals surface area contributed by atoms with Crippen LogP contribution in [0, 0.1) is 10.1 Å². The third-order valence-corrected chi connectivity index (χ3v) is 2.57. The highest BCUT2D eigenvalue weighted by atomic mass is 16.6. The van der Waals surface area contributed by atoms with Crippen LogP contribution in [0.15, 0.2) is 18.2 Å². The summed E-state index contributed by atoms with van der Waals surface area (Å²) in [5.74, 6) is -1.24. The molecule has 0 radical (unpaired) electrons. The van der Waals surface area contributed by atoms with Gasteiger partial charge in [0, 0.05) is 19.0 Å². The molecule has 0 spiro atoms. The standard InChI is InChI=1S/C13H16N2O6/c1-2-21-9-5-6-11(15(19)20)10(8-9)13(18)14-7-3-4-12(16)17/h5-6,8H,2-4,7H2,1H3,(H,14,18)(H,16,17). The van der Waals surface area contributed by atoms with Gasteiger partial charge >= 0.3 is 5.97 Å². The first-order chi connectivity index (χ1) is 9.95. The van der Waals surface area contributed by atoms with Crippen LogP contribution in [0.5, 0.6) is 5.75 Å². The smallest absolute Gasteiger partial charge is 0.303 e. The van der Waals surface area contributed by atoms with Crippen LogP contribution in [0.25, 0.3) is 0 Å². The summed E-state index contributed by atoms with van der Waals surface area (Å²) in [6.07, 6.45) is 0.168. The minimum absolute atomic E-state index is 0.0820. The number of hydrogen-bond donors (Lipinski definition) is 2. The van der Waals surface area contributed by atoms with Crippen molar-refractivity contribution in [3.8, 4) is 5.75 Å². The van der Waals surface area contributed by atoms with E-state index in [9.17, 15) is 19.7 Å². The van der Waals surface area contributed by atoms with Crippen LogP contribution in [0.1, 0.15) is 30.1 Å². The van der Waals surface area contributed by atoms with Gasteiger partial charge in [-0.05, 0) is 25.5 Å². The second-order valence-electron chi connectivity index (χ2n) is 4.12. The molecule has 114 valence electrons. The van der Waals surface area contributed by atoms with E-state index in [2.05, 4.69) is 5.32 Å². The van der Waals surface area contributed by atoms with E-state index in [0.29, 0.717) is 12.4 Å². The summed E-state index contributed by atoms with van der Waals surface area (Å²) in [5.41, 5.74) is -0.435. The molecule has 1 amide bonds. The molecule has 0 saturated carbocycles. The van der Waals surface area contributed by atoms with Crippen LogP contribution in [0.3, 0.4) is 0 Å². The Balaban J connectivity index is 2.82. The summed E-state index contributed by atoms with van der Waals surface area (Å²) >= 11 is 0. The molecule has 0 heterocycles. The summed E-state index contributed by atoms with van der Waals surface area (Å²) in [6.45, 7) is 2.26. The molecule has 0 aliphatic heterocycles. The van der Waals surface area contributed by atoms with Crippen LogP contribution in [-0.4, -0.2) is 35.1 Å². The lowest BCUT2D eigenvalue weighted by Crippen LogP contribution is -2.25. The van der Waals surface area contributed by atoms with Crippen molar-refractivity contribution in [2.75, 3.05) is 13.2 Å². The Kier molecular flexibility index (Phi) is 6.12. The molecule has 1 rings (SSSR count). The maximum absolute atomic E-state index is 12.0. The van der Waals surface area contributed by atoms with E-state index in [1.165, 1.54) is 18.2 Å². The minimum Gasteiger partial charge on any atom is -0.494 e. The topological polar surface area (TPSA) is 119 Å². The molecule has 8 heteroatoms. The monoisotopic (exact) mass is 296 g/mol. The molecular weight excluding hydrogens is 280 g/mol. The number of nitrogens with zero attached hydrogens (tertiary/aromatic N) is 1. The number of nitro groups is 1. The zero-order chi connectivity index (χ0) is 15.8. The summed E-state index contributed by atoms with van der Waals surface area (Å²) in [6, 6.07) is 3.92. The van der Waals surface area contributed by atoms with Crippen LogP contribution < -0.4 is 10.1 Å². The van der Waals surface area contributed by atoms with Crippen LogP contribution in [0.2, 0.25) is 0 Å². The minimum atomic E-state index is -0.964. The zero-order valence-electron chi connectivity index (χ0n) is 11.5. The van der Waals surface area contributed by atoms with E-state index >= 15 is 0 Å². The van der Waals surface area contributed by atoms with Crippen molar-refractivity contribution in [2.24, 2.45) is 0 Å². The number of ether oxygens (including phenoxy) is 1. The fraction of sp³-hybridized carbons (Fsp3) is 0.385. The molecular formula is C13H16N2O6. The fourth-order valence-electron chi connectivity index (χ4n) is 1.65. The Hall–Kier alpha value is -2.64. The van der Waals surface area contributed by atoms with Gasteiger partial charge in [-0.3, -0.25) is 19.7 Å². The number of benzene rings is 1. The number of carbonyl (C=O) groups excluding carboxylic acids is 1. The summed E-state index contributed by atoms with van der Waals surface area (Å²) in [4.78, 5) is 32.6. The Morgan fingerprint density at radius 1 is 1.43 bits per heavy atom. The fourth-order valence-corrected chi connectivity index (χ4v) is 1.65. The van der Waals surface area contributed by atoms with Gasteiger partial charge < -0.3 is 15.2 Å². The van der Waals surface area contributed by atoms with E-state index in [1.807, 2.05) is 0 Å². The molecule has 0 saturated heterocycles. The molecule has 0 aromatic heterocycles. The highest BCUT2D eigenvalue weighted by Gasteiger charge is 2.20. The number of hydrogen-bond acceptors (Lipinski definition) is 5. The first kappa shape index (κ1) is 16.4. The van der Waals surface area contributed by atoms with Crippen molar-refractivity contribution in [1.29, 1.82) is 0 Å². The van der Waals surface area contributed by atoms with Gasteiger partial charge in [0.15, 0.2) is 0 Å². The molecule has 1 aromatic rings. The lowest BCUT2D eigenvalue weighted by atomic mass is 10.1. The zero-order valence-corrected chi connectivity index (χ0v) is 11.5. The summed E-state index contributed by atoms with van der Waals surface area (Å²) < 4.78 is 5.21. The first-order valence-electron chi connectivity index (χ1n) is 6.37. The number of amides is 1. The Labute approximate surface area is 120 Å². The third-order valence-electron chi connectivity index (χ3n) is 2.57. The molecule has 0 unspecified atom stereocenters. The molecule has 0 aliphatic rings. The molecule has 0 fully saturated rings. The number of nitrogens with one attached hydrogen (secondary N) is 1. The van der Waals surface area contributed by atoms with Crippen molar-refractivity contribution >= 4 is 17.6 Å². The molecule has 21 heavy (non-hydrogen) atoms. The van der Waals surface area contributed by atoms with Crippen molar-refractivity contribution in [3.05, 3.63) is 33.9 Å². The average Bonchev–Trinajstić information content (AvgIpc) is 2.43. The number of carboxylic acids is 1. The maximum Gasteiger partial charge on any atom is 0.303 e. The summed E-state index contributed by atoms with van der Waals surface area (Å²) in [7, 11) is 0. The predicted octanol–water partition coefficient (Wildman–Crippen LogP) is 1.59. The third kappa shape index (κ3) is 5.09. The Morgan fingerprint density at radius 3 is 2.71 bits per heavy atom. The number of carbonyl (C=O) groups is 2. The average molecular weight is 296 g/mol.